The van der Waals surface area contributed by atoms with Crippen LogP contribution in [0.25, 0.3) is 0 Å². The van der Waals surface area contributed by atoms with Crippen molar-refractivity contribution in [3.05, 3.63) is 53.1 Å². The van der Waals surface area contributed by atoms with E-state index in [1.807, 2.05) is 43.3 Å². The molecule has 170 valence electrons. The summed E-state index contributed by atoms with van der Waals surface area (Å²) in [6.07, 6.45) is 3.71. The first-order valence-electron chi connectivity index (χ1n) is 11.3. The highest BCUT2D eigenvalue weighted by Crippen LogP contribution is 2.39. The van der Waals surface area contributed by atoms with Gasteiger partial charge in [0.05, 0.1) is 20.8 Å². The van der Waals surface area contributed by atoms with Gasteiger partial charge in [0.25, 0.3) is 0 Å². The number of fused-ring (bicyclic) bond motifs is 1. The SMILES string of the molecule is COc1cc2c(cc1OC)C(=O)C(CC1CCN(CC(=O)Nc3ccc(C)cc3)CC1)C2. The van der Waals surface area contributed by atoms with Crippen molar-refractivity contribution in [2.45, 2.75) is 32.6 Å². The number of methoxy groups -OCH3 is 2. The molecule has 2 aromatic carbocycles. The summed E-state index contributed by atoms with van der Waals surface area (Å²) in [4.78, 5) is 27.6. The van der Waals surface area contributed by atoms with Gasteiger partial charge in [0, 0.05) is 17.2 Å². The van der Waals surface area contributed by atoms with Crippen LogP contribution in [0.15, 0.2) is 36.4 Å². The molecular weight excluding hydrogens is 404 g/mol. The first kappa shape index (κ1) is 22.3. The summed E-state index contributed by atoms with van der Waals surface area (Å²) in [5.74, 6) is 2.08. The second-order valence-corrected chi connectivity index (χ2v) is 9.00. The Labute approximate surface area is 189 Å². The number of hydrogen-bond acceptors (Lipinski definition) is 5. The van der Waals surface area contributed by atoms with E-state index >= 15 is 0 Å². The lowest BCUT2D eigenvalue weighted by Gasteiger charge is -2.32. The molecule has 0 bridgehead atoms. The number of hydrogen-bond donors (Lipinski definition) is 1. The predicted molar refractivity (Wildman–Crippen MR) is 125 cm³/mol. The molecule has 6 heteroatoms. The van der Waals surface area contributed by atoms with Gasteiger partial charge in [-0.05, 0) is 81.4 Å². The highest BCUT2D eigenvalue weighted by atomic mass is 16.5. The molecule has 1 N–H and O–H groups in total. The van der Waals surface area contributed by atoms with E-state index in [9.17, 15) is 9.59 Å². The molecular formula is C26H32N2O4. The zero-order valence-electron chi connectivity index (χ0n) is 19.1. The Bertz CT molecular complexity index is 978. The van der Waals surface area contributed by atoms with Crippen LogP contribution >= 0.6 is 0 Å². The summed E-state index contributed by atoms with van der Waals surface area (Å²) in [6.45, 7) is 4.22. The number of carbonyl (C=O) groups is 2. The molecule has 1 heterocycles. The fourth-order valence-electron chi connectivity index (χ4n) is 4.91. The van der Waals surface area contributed by atoms with Crippen LogP contribution in [-0.4, -0.2) is 50.4 Å². The highest BCUT2D eigenvalue weighted by Gasteiger charge is 2.34. The zero-order chi connectivity index (χ0) is 22.7. The van der Waals surface area contributed by atoms with E-state index in [-0.39, 0.29) is 17.6 Å². The average Bonchev–Trinajstić information content (AvgIpc) is 3.10. The quantitative estimate of drug-likeness (QED) is 0.708. The van der Waals surface area contributed by atoms with Gasteiger partial charge in [-0.15, -0.1) is 0 Å². The van der Waals surface area contributed by atoms with E-state index in [0.29, 0.717) is 24.0 Å². The fourth-order valence-corrected chi connectivity index (χ4v) is 4.91. The number of nitrogens with one attached hydrogen (secondary N) is 1. The molecule has 2 aromatic rings. The second kappa shape index (κ2) is 9.74. The minimum atomic E-state index is 0.0246. The summed E-state index contributed by atoms with van der Waals surface area (Å²) in [6, 6.07) is 11.6. The minimum Gasteiger partial charge on any atom is -0.493 e. The van der Waals surface area contributed by atoms with Crippen molar-refractivity contribution >= 4 is 17.4 Å². The van der Waals surface area contributed by atoms with Crippen molar-refractivity contribution in [3.8, 4) is 11.5 Å². The predicted octanol–water partition coefficient (Wildman–Crippen LogP) is 4.11. The lowest BCUT2D eigenvalue weighted by molar-refractivity contribution is -0.117. The number of piperidine rings is 1. The molecule has 1 aliphatic carbocycles. The van der Waals surface area contributed by atoms with Gasteiger partial charge in [-0.25, -0.2) is 0 Å². The van der Waals surface area contributed by atoms with Crippen molar-refractivity contribution in [2.75, 3.05) is 39.2 Å². The molecule has 1 amide bonds. The van der Waals surface area contributed by atoms with Crippen LogP contribution in [0.5, 0.6) is 11.5 Å². The highest BCUT2D eigenvalue weighted by molar-refractivity contribution is 6.03. The number of ether oxygens (including phenoxy) is 2. The second-order valence-electron chi connectivity index (χ2n) is 9.00. The van der Waals surface area contributed by atoms with Crippen molar-refractivity contribution in [3.63, 3.8) is 0 Å². The number of ketones is 1. The number of benzene rings is 2. The number of Topliss-reactive ketones (excluding diaryl/α,β-unsaturated/α-hetero) is 1. The summed E-state index contributed by atoms with van der Waals surface area (Å²) >= 11 is 0. The average molecular weight is 437 g/mol. The van der Waals surface area contributed by atoms with Gasteiger partial charge in [0.15, 0.2) is 17.3 Å². The molecule has 2 aliphatic rings. The molecule has 1 unspecified atom stereocenters. The molecule has 0 aromatic heterocycles. The Morgan fingerprint density at radius 1 is 1.06 bits per heavy atom. The maximum atomic E-state index is 13.0. The third-order valence-electron chi connectivity index (χ3n) is 6.74. The van der Waals surface area contributed by atoms with Crippen molar-refractivity contribution in [1.29, 1.82) is 0 Å². The maximum Gasteiger partial charge on any atom is 0.238 e. The monoisotopic (exact) mass is 436 g/mol. The molecule has 0 spiro atoms. The third-order valence-corrected chi connectivity index (χ3v) is 6.74. The minimum absolute atomic E-state index is 0.0246. The van der Waals surface area contributed by atoms with Gasteiger partial charge in [-0.3, -0.25) is 14.5 Å². The molecule has 1 fully saturated rings. The van der Waals surface area contributed by atoms with Crippen LogP contribution in [0.1, 0.15) is 40.7 Å². The Morgan fingerprint density at radius 2 is 1.72 bits per heavy atom. The van der Waals surface area contributed by atoms with Gasteiger partial charge >= 0.3 is 0 Å². The molecule has 6 nitrogen and oxygen atoms in total. The van der Waals surface area contributed by atoms with E-state index in [0.717, 1.165) is 55.6 Å². The van der Waals surface area contributed by atoms with Crippen LogP contribution < -0.4 is 14.8 Å². The van der Waals surface area contributed by atoms with Crippen LogP contribution in [0.2, 0.25) is 0 Å². The maximum absolute atomic E-state index is 13.0. The molecule has 0 saturated carbocycles. The topological polar surface area (TPSA) is 67.9 Å². The molecule has 0 radical (unpaired) electrons. The van der Waals surface area contributed by atoms with Gasteiger partial charge in [-0.1, -0.05) is 17.7 Å². The number of nitrogens with zero attached hydrogens (tertiary/aromatic N) is 1. The molecule has 4 rings (SSSR count). The largest absolute Gasteiger partial charge is 0.493 e. The Balaban J connectivity index is 1.26. The van der Waals surface area contributed by atoms with Crippen LogP contribution in [0.4, 0.5) is 5.69 Å². The lowest BCUT2D eigenvalue weighted by atomic mass is 9.85. The number of rotatable bonds is 7. The van der Waals surface area contributed by atoms with Crippen molar-refractivity contribution < 1.29 is 19.1 Å². The fraction of sp³-hybridized carbons (Fsp3) is 0.462. The Kier molecular flexibility index (Phi) is 6.80. The van der Waals surface area contributed by atoms with Crippen LogP contribution in [-0.2, 0) is 11.2 Å². The van der Waals surface area contributed by atoms with Gasteiger partial charge in [-0.2, -0.15) is 0 Å². The van der Waals surface area contributed by atoms with E-state index < -0.39 is 0 Å². The summed E-state index contributed by atoms with van der Waals surface area (Å²) in [7, 11) is 3.21. The number of likely N-dealkylation sites (tertiary alicyclic amines) is 1. The smallest absolute Gasteiger partial charge is 0.238 e. The third kappa shape index (κ3) is 4.96. The Morgan fingerprint density at radius 3 is 2.38 bits per heavy atom. The normalized spacial score (nSPS) is 19.0. The van der Waals surface area contributed by atoms with Crippen LogP contribution in [0.3, 0.4) is 0 Å². The van der Waals surface area contributed by atoms with E-state index in [1.54, 1.807) is 14.2 Å². The molecule has 32 heavy (non-hydrogen) atoms. The number of carbonyl (C=O) groups excluding carboxylic acids is 2. The van der Waals surface area contributed by atoms with E-state index in [2.05, 4.69) is 10.2 Å². The first-order valence-corrected chi connectivity index (χ1v) is 11.3. The molecule has 1 atom stereocenters. The van der Waals surface area contributed by atoms with Crippen molar-refractivity contribution in [1.82, 2.24) is 4.90 Å². The van der Waals surface area contributed by atoms with E-state index in [1.165, 1.54) is 5.56 Å². The van der Waals surface area contributed by atoms with Gasteiger partial charge in [0.1, 0.15) is 0 Å². The van der Waals surface area contributed by atoms with Gasteiger partial charge < -0.3 is 14.8 Å². The van der Waals surface area contributed by atoms with Crippen molar-refractivity contribution in [2.24, 2.45) is 11.8 Å². The summed E-state index contributed by atoms with van der Waals surface area (Å²) in [5, 5.41) is 2.98. The lowest BCUT2D eigenvalue weighted by Crippen LogP contribution is -2.39. The standard InChI is InChI=1S/C26H32N2O4/c1-17-4-6-21(7-5-17)27-25(29)16-28-10-8-18(9-11-28)12-20-13-19-14-23(31-2)24(32-3)15-22(19)26(20)30/h4-7,14-15,18,20H,8-13,16H2,1-3H3,(H,27,29). The number of amides is 1. The van der Waals surface area contributed by atoms with E-state index in [4.69, 9.17) is 9.47 Å². The zero-order valence-corrected chi connectivity index (χ0v) is 19.1. The number of anilines is 1. The van der Waals surface area contributed by atoms with Gasteiger partial charge in [0.2, 0.25) is 5.91 Å². The molecule has 1 aliphatic heterocycles. The Hall–Kier alpha value is -2.86. The molecule has 1 saturated heterocycles. The summed E-state index contributed by atoms with van der Waals surface area (Å²) in [5.41, 5.74) is 3.84. The van der Waals surface area contributed by atoms with Crippen LogP contribution in [0, 0.1) is 18.8 Å². The summed E-state index contributed by atoms with van der Waals surface area (Å²) < 4.78 is 10.8. The number of aryl methyl sites for hydroxylation is 1. The first-order chi connectivity index (χ1) is 15.5.